The maximum atomic E-state index is 11.9. The molecule has 1 N–H and O–H groups in total. The molecule has 3 heterocycles. The van der Waals surface area contributed by atoms with Crippen LogP contribution in [0.1, 0.15) is 26.7 Å². The maximum absolute atomic E-state index is 11.9. The molecule has 2 aromatic rings. The van der Waals surface area contributed by atoms with E-state index in [-0.39, 0.29) is 5.75 Å². The first-order chi connectivity index (χ1) is 13.5. The van der Waals surface area contributed by atoms with Crippen LogP contribution in [0, 0.1) is 11.8 Å². The van der Waals surface area contributed by atoms with Gasteiger partial charge in [0.1, 0.15) is 0 Å². The fourth-order valence-electron chi connectivity index (χ4n) is 3.85. The van der Waals surface area contributed by atoms with Gasteiger partial charge in [-0.15, -0.1) is 0 Å². The van der Waals surface area contributed by atoms with Gasteiger partial charge in [-0.05, 0) is 37.8 Å². The van der Waals surface area contributed by atoms with Crippen molar-refractivity contribution in [2.75, 3.05) is 48.7 Å². The Morgan fingerprint density at radius 1 is 1.11 bits per heavy atom. The second-order valence-corrected chi connectivity index (χ2v) is 10.3. The number of rotatable bonds is 6. The van der Waals surface area contributed by atoms with Gasteiger partial charge < -0.3 is 10.2 Å². The van der Waals surface area contributed by atoms with Crippen LogP contribution >= 0.6 is 0 Å². The number of hydrogen-bond acceptors (Lipinski definition) is 6. The summed E-state index contributed by atoms with van der Waals surface area (Å²) in [6.07, 6.45) is 2.33. The monoisotopic (exact) mass is 403 g/mol. The lowest BCUT2D eigenvalue weighted by atomic mass is 9.99. The third-order valence-electron chi connectivity index (χ3n) is 5.88. The number of benzene rings is 1. The molecular weight excluding hydrogens is 374 g/mol. The van der Waals surface area contributed by atoms with Crippen LogP contribution in [0.5, 0.6) is 0 Å². The Hall–Kier alpha value is -1.93. The zero-order chi connectivity index (χ0) is 19.7. The zero-order valence-electron chi connectivity index (χ0n) is 16.6. The SMILES string of the molecule is CCS(=O)(=O)N1CC(CNc2nc3ccccc3nc2N2CCC(C)CC2)C1. The van der Waals surface area contributed by atoms with Crippen molar-refractivity contribution in [3.8, 4) is 0 Å². The summed E-state index contributed by atoms with van der Waals surface area (Å²) in [5, 5.41) is 3.47. The minimum Gasteiger partial charge on any atom is -0.367 e. The summed E-state index contributed by atoms with van der Waals surface area (Å²) in [7, 11) is -3.07. The van der Waals surface area contributed by atoms with Crippen LogP contribution in [0.3, 0.4) is 0 Å². The highest BCUT2D eigenvalue weighted by atomic mass is 32.2. The number of sulfonamides is 1. The summed E-state index contributed by atoms with van der Waals surface area (Å²) in [4.78, 5) is 12.1. The Morgan fingerprint density at radius 3 is 2.39 bits per heavy atom. The summed E-state index contributed by atoms with van der Waals surface area (Å²) in [6, 6.07) is 7.95. The number of anilines is 2. The van der Waals surface area contributed by atoms with Crippen molar-refractivity contribution in [1.82, 2.24) is 14.3 Å². The zero-order valence-corrected chi connectivity index (χ0v) is 17.5. The topological polar surface area (TPSA) is 78.4 Å². The molecule has 0 atom stereocenters. The van der Waals surface area contributed by atoms with E-state index in [1.165, 1.54) is 12.8 Å². The minimum absolute atomic E-state index is 0.167. The normalized spacial score (nSPS) is 19.7. The van der Waals surface area contributed by atoms with Crippen molar-refractivity contribution in [2.24, 2.45) is 11.8 Å². The number of fused-ring (bicyclic) bond motifs is 1. The fraction of sp³-hybridized carbons (Fsp3) is 0.600. The third-order valence-corrected chi connectivity index (χ3v) is 7.69. The lowest BCUT2D eigenvalue weighted by Gasteiger charge is -2.38. The maximum Gasteiger partial charge on any atom is 0.213 e. The molecule has 1 aromatic heterocycles. The van der Waals surface area contributed by atoms with Crippen molar-refractivity contribution in [1.29, 1.82) is 0 Å². The van der Waals surface area contributed by atoms with Gasteiger partial charge in [-0.2, -0.15) is 0 Å². The molecule has 2 fully saturated rings. The quantitative estimate of drug-likeness (QED) is 0.799. The summed E-state index contributed by atoms with van der Waals surface area (Å²) in [5.74, 6) is 2.96. The van der Waals surface area contributed by atoms with Crippen molar-refractivity contribution in [2.45, 2.75) is 26.7 Å². The first-order valence-electron chi connectivity index (χ1n) is 10.2. The van der Waals surface area contributed by atoms with Crippen LogP contribution in [0.2, 0.25) is 0 Å². The van der Waals surface area contributed by atoms with Crippen molar-refractivity contribution >= 4 is 32.7 Å². The van der Waals surface area contributed by atoms with E-state index in [0.717, 1.165) is 41.7 Å². The Balaban J connectivity index is 1.50. The van der Waals surface area contributed by atoms with Gasteiger partial charge in [0, 0.05) is 38.6 Å². The van der Waals surface area contributed by atoms with Crippen LogP contribution in [-0.4, -0.2) is 61.2 Å². The third kappa shape index (κ3) is 3.93. The number of piperidine rings is 1. The molecule has 0 bridgehead atoms. The van der Waals surface area contributed by atoms with Gasteiger partial charge in [-0.3, -0.25) is 0 Å². The molecule has 2 saturated heterocycles. The smallest absolute Gasteiger partial charge is 0.213 e. The van der Waals surface area contributed by atoms with E-state index in [9.17, 15) is 8.42 Å². The van der Waals surface area contributed by atoms with E-state index in [1.807, 2.05) is 24.3 Å². The largest absolute Gasteiger partial charge is 0.367 e. The Bertz CT molecular complexity index is 935. The van der Waals surface area contributed by atoms with E-state index in [4.69, 9.17) is 9.97 Å². The second-order valence-electron chi connectivity index (χ2n) is 8.02. The van der Waals surface area contributed by atoms with E-state index < -0.39 is 10.0 Å². The van der Waals surface area contributed by atoms with Gasteiger partial charge in [0.2, 0.25) is 10.0 Å². The summed E-state index contributed by atoms with van der Waals surface area (Å²) in [5.41, 5.74) is 1.79. The molecule has 0 unspecified atom stereocenters. The van der Waals surface area contributed by atoms with E-state index in [2.05, 4.69) is 17.1 Å². The molecule has 0 amide bonds. The molecule has 4 rings (SSSR count). The second kappa shape index (κ2) is 7.83. The van der Waals surface area contributed by atoms with Gasteiger partial charge >= 0.3 is 0 Å². The first kappa shape index (κ1) is 19.4. The number of nitrogens with one attached hydrogen (secondary N) is 1. The predicted molar refractivity (Wildman–Crippen MR) is 113 cm³/mol. The van der Waals surface area contributed by atoms with Gasteiger partial charge in [0.15, 0.2) is 11.6 Å². The molecule has 2 aliphatic heterocycles. The molecule has 8 heteroatoms. The van der Waals surface area contributed by atoms with E-state index in [1.54, 1.807) is 11.2 Å². The molecule has 2 aliphatic rings. The molecule has 152 valence electrons. The highest BCUT2D eigenvalue weighted by Gasteiger charge is 2.34. The molecule has 0 radical (unpaired) electrons. The molecule has 0 spiro atoms. The number of para-hydroxylation sites is 2. The van der Waals surface area contributed by atoms with Crippen LogP contribution < -0.4 is 10.2 Å². The van der Waals surface area contributed by atoms with Crippen molar-refractivity contribution < 1.29 is 8.42 Å². The average molecular weight is 404 g/mol. The van der Waals surface area contributed by atoms with Crippen LogP contribution in [0.4, 0.5) is 11.6 Å². The first-order valence-corrected chi connectivity index (χ1v) is 11.8. The fourth-order valence-corrected chi connectivity index (χ4v) is 5.09. The molecule has 1 aromatic carbocycles. The van der Waals surface area contributed by atoms with E-state index >= 15 is 0 Å². The summed E-state index contributed by atoms with van der Waals surface area (Å²) in [6.45, 7) is 7.86. The molecular formula is C20H29N5O2S. The van der Waals surface area contributed by atoms with Gasteiger partial charge in [0.25, 0.3) is 0 Å². The molecule has 0 saturated carbocycles. The van der Waals surface area contributed by atoms with Crippen LogP contribution in [0.25, 0.3) is 11.0 Å². The van der Waals surface area contributed by atoms with Gasteiger partial charge in [-0.25, -0.2) is 22.7 Å². The van der Waals surface area contributed by atoms with Crippen LogP contribution in [-0.2, 0) is 10.0 Å². The standard InChI is InChI=1S/C20H29N5O2S/c1-3-28(26,27)25-13-16(14-25)12-21-19-20(24-10-8-15(2)9-11-24)23-18-7-5-4-6-17(18)22-19/h4-7,15-16H,3,8-14H2,1-2H3,(H,21,22). The Kier molecular flexibility index (Phi) is 5.42. The van der Waals surface area contributed by atoms with Crippen LogP contribution in [0.15, 0.2) is 24.3 Å². The minimum atomic E-state index is -3.07. The van der Waals surface area contributed by atoms with E-state index in [0.29, 0.717) is 25.6 Å². The van der Waals surface area contributed by atoms with Crippen molar-refractivity contribution in [3.05, 3.63) is 24.3 Å². The summed E-state index contributed by atoms with van der Waals surface area (Å²) < 4.78 is 25.4. The lowest BCUT2D eigenvalue weighted by Crippen LogP contribution is -2.52. The number of nitrogens with zero attached hydrogens (tertiary/aromatic N) is 4. The van der Waals surface area contributed by atoms with Gasteiger partial charge in [0.05, 0.1) is 16.8 Å². The Morgan fingerprint density at radius 2 is 1.75 bits per heavy atom. The average Bonchev–Trinajstić information content (AvgIpc) is 2.66. The highest BCUT2D eigenvalue weighted by Crippen LogP contribution is 2.29. The molecule has 7 nitrogen and oxygen atoms in total. The van der Waals surface area contributed by atoms with Crippen molar-refractivity contribution in [3.63, 3.8) is 0 Å². The lowest BCUT2D eigenvalue weighted by molar-refractivity contribution is 0.212. The highest BCUT2D eigenvalue weighted by molar-refractivity contribution is 7.89. The van der Waals surface area contributed by atoms with Gasteiger partial charge in [-0.1, -0.05) is 19.1 Å². The number of hydrogen-bond donors (Lipinski definition) is 1. The number of aromatic nitrogens is 2. The summed E-state index contributed by atoms with van der Waals surface area (Å²) >= 11 is 0. The molecule has 0 aliphatic carbocycles. The molecule has 28 heavy (non-hydrogen) atoms. The predicted octanol–water partition coefficient (Wildman–Crippen LogP) is 2.56. The Labute approximate surface area is 167 Å².